The maximum absolute atomic E-state index is 12.8. The van der Waals surface area contributed by atoms with Crippen molar-refractivity contribution in [3.8, 4) is 0 Å². The van der Waals surface area contributed by atoms with Crippen molar-refractivity contribution >= 4 is 27.5 Å². The molecular formula is C19H21ClN2O3S. The summed E-state index contributed by atoms with van der Waals surface area (Å²) in [4.78, 5) is 12.8. The number of benzene rings is 2. The molecule has 1 N–H and O–H groups in total. The zero-order chi connectivity index (χ0) is 18.9. The van der Waals surface area contributed by atoms with Crippen LogP contribution in [0.3, 0.4) is 0 Å². The van der Waals surface area contributed by atoms with Crippen LogP contribution < -0.4 is 5.32 Å². The lowest BCUT2D eigenvalue weighted by molar-refractivity contribution is 0.0823. The topological polar surface area (TPSA) is 66.5 Å². The minimum atomic E-state index is -3.73. The van der Waals surface area contributed by atoms with Gasteiger partial charge in [0.2, 0.25) is 10.0 Å². The van der Waals surface area contributed by atoms with Crippen molar-refractivity contribution in [3.63, 3.8) is 0 Å². The molecule has 26 heavy (non-hydrogen) atoms. The SMILES string of the molecule is CN(C)S(=O)(=O)c1cc(C(=O)NC2(c3ccccc3)CCC2)ccc1Cl. The number of rotatable bonds is 5. The number of carbonyl (C=O) groups is 1. The highest BCUT2D eigenvalue weighted by atomic mass is 35.5. The van der Waals surface area contributed by atoms with Crippen LogP contribution in [0.1, 0.15) is 35.2 Å². The molecule has 1 fully saturated rings. The second-order valence-corrected chi connectivity index (χ2v) is 9.22. The maximum atomic E-state index is 12.8. The lowest BCUT2D eigenvalue weighted by Gasteiger charge is -2.43. The van der Waals surface area contributed by atoms with E-state index in [4.69, 9.17) is 11.6 Å². The number of halogens is 1. The fourth-order valence-corrected chi connectivity index (χ4v) is 4.50. The lowest BCUT2D eigenvalue weighted by atomic mass is 9.71. The third-order valence-corrected chi connectivity index (χ3v) is 7.13. The van der Waals surface area contributed by atoms with E-state index in [1.165, 1.54) is 26.2 Å². The van der Waals surface area contributed by atoms with Gasteiger partial charge < -0.3 is 5.32 Å². The van der Waals surface area contributed by atoms with Gasteiger partial charge in [0.1, 0.15) is 4.90 Å². The van der Waals surface area contributed by atoms with Crippen LogP contribution in [0.5, 0.6) is 0 Å². The fourth-order valence-electron chi connectivity index (χ4n) is 3.10. The van der Waals surface area contributed by atoms with Gasteiger partial charge in [0.25, 0.3) is 5.91 Å². The maximum Gasteiger partial charge on any atom is 0.252 e. The Morgan fingerprint density at radius 3 is 2.31 bits per heavy atom. The van der Waals surface area contributed by atoms with Gasteiger partial charge in [-0.25, -0.2) is 12.7 Å². The van der Waals surface area contributed by atoms with Crippen LogP contribution in [0.15, 0.2) is 53.4 Å². The van der Waals surface area contributed by atoms with E-state index in [0.29, 0.717) is 0 Å². The van der Waals surface area contributed by atoms with E-state index in [1.807, 2.05) is 30.3 Å². The molecule has 0 heterocycles. The number of nitrogens with one attached hydrogen (secondary N) is 1. The number of hydrogen-bond donors (Lipinski definition) is 1. The molecule has 138 valence electrons. The van der Waals surface area contributed by atoms with E-state index >= 15 is 0 Å². The molecular weight excluding hydrogens is 372 g/mol. The molecule has 0 bridgehead atoms. The number of hydrogen-bond acceptors (Lipinski definition) is 3. The van der Waals surface area contributed by atoms with Crippen molar-refractivity contribution in [2.24, 2.45) is 0 Å². The predicted octanol–water partition coefficient (Wildman–Crippen LogP) is 3.40. The minimum absolute atomic E-state index is 0.0702. The summed E-state index contributed by atoms with van der Waals surface area (Å²) in [6.45, 7) is 0. The number of sulfonamides is 1. The summed E-state index contributed by atoms with van der Waals surface area (Å²) in [6.07, 6.45) is 2.76. The highest BCUT2D eigenvalue weighted by molar-refractivity contribution is 7.89. The predicted molar refractivity (Wildman–Crippen MR) is 102 cm³/mol. The summed E-state index contributed by atoms with van der Waals surface area (Å²) in [5, 5.41) is 3.19. The second kappa shape index (κ2) is 7.02. The number of nitrogens with zero attached hydrogens (tertiary/aromatic N) is 1. The summed E-state index contributed by atoms with van der Waals surface area (Å²) < 4.78 is 25.9. The van der Waals surface area contributed by atoms with E-state index in [9.17, 15) is 13.2 Å². The van der Waals surface area contributed by atoms with Crippen molar-refractivity contribution in [3.05, 3.63) is 64.7 Å². The zero-order valence-electron chi connectivity index (χ0n) is 14.7. The Bertz CT molecular complexity index is 923. The Hall–Kier alpha value is -1.89. The van der Waals surface area contributed by atoms with Crippen molar-refractivity contribution in [2.75, 3.05) is 14.1 Å². The molecule has 0 spiro atoms. The highest BCUT2D eigenvalue weighted by Gasteiger charge is 2.40. The van der Waals surface area contributed by atoms with Crippen molar-refractivity contribution in [1.82, 2.24) is 9.62 Å². The largest absolute Gasteiger partial charge is 0.343 e. The monoisotopic (exact) mass is 392 g/mol. The first kappa shape index (κ1) is 18.9. The Morgan fingerprint density at radius 2 is 1.77 bits per heavy atom. The molecule has 0 aliphatic heterocycles. The molecule has 1 amide bonds. The molecule has 5 nitrogen and oxygen atoms in total. The second-order valence-electron chi connectivity index (χ2n) is 6.69. The number of amides is 1. The molecule has 3 rings (SSSR count). The van der Waals surface area contributed by atoms with Gasteiger partial charge >= 0.3 is 0 Å². The fraction of sp³-hybridized carbons (Fsp3) is 0.316. The average molecular weight is 393 g/mol. The third kappa shape index (κ3) is 3.37. The first-order chi connectivity index (χ1) is 12.3. The first-order valence-electron chi connectivity index (χ1n) is 8.36. The van der Waals surface area contributed by atoms with E-state index in [1.54, 1.807) is 6.07 Å². The van der Waals surface area contributed by atoms with Crippen LogP contribution in [0.4, 0.5) is 0 Å². The van der Waals surface area contributed by atoms with Crippen molar-refractivity contribution < 1.29 is 13.2 Å². The van der Waals surface area contributed by atoms with Crippen LogP contribution >= 0.6 is 11.6 Å². The van der Waals surface area contributed by atoms with Crippen LogP contribution in [0.2, 0.25) is 5.02 Å². The molecule has 0 radical (unpaired) electrons. The Kier molecular flexibility index (Phi) is 5.10. The summed E-state index contributed by atoms with van der Waals surface area (Å²) in [7, 11) is -0.874. The Morgan fingerprint density at radius 1 is 1.12 bits per heavy atom. The van der Waals surface area contributed by atoms with Crippen molar-refractivity contribution in [2.45, 2.75) is 29.7 Å². The van der Waals surface area contributed by atoms with Crippen LogP contribution in [0.25, 0.3) is 0 Å². The van der Waals surface area contributed by atoms with Crippen LogP contribution in [-0.4, -0.2) is 32.7 Å². The molecule has 0 aromatic heterocycles. The van der Waals surface area contributed by atoms with Crippen molar-refractivity contribution in [1.29, 1.82) is 0 Å². The molecule has 2 aromatic carbocycles. The molecule has 0 unspecified atom stereocenters. The molecule has 1 aliphatic carbocycles. The lowest BCUT2D eigenvalue weighted by Crippen LogP contribution is -2.50. The normalized spacial score (nSPS) is 16.2. The van der Waals surface area contributed by atoms with Gasteiger partial charge in [0.05, 0.1) is 10.6 Å². The Labute approximate surface area is 159 Å². The van der Waals surface area contributed by atoms with E-state index in [0.717, 1.165) is 29.1 Å². The molecule has 1 aliphatic rings. The van der Waals surface area contributed by atoms with Gasteiger partial charge in [-0.15, -0.1) is 0 Å². The van der Waals surface area contributed by atoms with Gasteiger partial charge in [-0.1, -0.05) is 41.9 Å². The summed E-state index contributed by atoms with van der Waals surface area (Å²) >= 11 is 6.06. The van der Waals surface area contributed by atoms with E-state index in [2.05, 4.69) is 5.32 Å². The smallest absolute Gasteiger partial charge is 0.252 e. The van der Waals surface area contributed by atoms with Crippen LogP contribution in [0, 0.1) is 0 Å². The molecule has 1 saturated carbocycles. The Balaban J connectivity index is 1.92. The molecule has 2 aromatic rings. The summed E-state index contributed by atoms with van der Waals surface area (Å²) in [5.41, 5.74) is 0.949. The standard InChI is InChI=1S/C19H21ClN2O3S/c1-22(2)26(24,25)17-13-14(9-10-16(17)20)18(23)21-19(11-6-12-19)15-7-4-3-5-8-15/h3-5,7-10,13H,6,11-12H2,1-2H3,(H,21,23). The van der Waals surface area contributed by atoms with Gasteiger partial charge in [0, 0.05) is 19.7 Å². The summed E-state index contributed by atoms with van der Waals surface area (Å²) in [5.74, 6) is -0.305. The zero-order valence-corrected chi connectivity index (χ0v) is 16.3. The van der Waals surface area contributed by atoms with Gasteiger partial charge in [-0.2, -0.15) is 0 Å². The third-order valence-electron chi connectivity index (χ3n) is 4.84. The van der Waals surface area contributed by atoms with Gasteiger partial charge in [0.15, 0.2) is 0 Å². The van der Waals surface area contributed by atoms with Gasteiger partial charge in [-0.05, 0) is 43.0 Å². The quantitative estimate of drug-likeness (QED) is 0.848. The average Bonchev–Trinajstić information content (AvgIpc) is 2.58. The van der Waals surface area contributed by atoms with Crippen LogP contribution in [-0.2, 0) is 15.6 Å². The molecule has 0 saturated heterocycles. The van der Waals surface area contributed by atoms with E-state index < -0.39 is 15.6 Å². The minimum Gasteiger partial charge on any atom is -0.343 e. The van der Waals surface area contributed by atoms with E-state index in [-0.39, 0.29) is 21.4 Å². The highest BCUT2D eigenvalue weighted by Crippen LogP contribution is 2.41. The van der Waals surface area contributed by atoms with Gasteiger partial charge in [-0.3, -0.25) is 4.79 Å². The first-order valence-corrected chi connectivity index (χ1v) is 10.2. The molecule has 0 atom stereocenters. The number of carbonyl (C=O) groups excluding carboxylic acids is 1. The summed E-state index contributed by atoms with van der Waals surface area (Å²) in [6, 6.07) is 14.2. The molecule has 7 heteroatoms.